The van der Waals surface area contributed by atoms with E-state index in [4.69, 9.17) is 4.74 Å². The van der Waals surface area contributed by atoms with E-state index in [1.807, 2.05) is 0 Å². The lowest BCUT2D eigenvalue weighted by atomic mass is 10.2. The van der Waals surface area contributed by atoms with Crippen molar-refractivity contribution in [3.63, 3.8) is 0 Å². The van der Waals surface area contributed by atoms with E-state index in [0.29, 0.717) is 4.90 Å². The SMILES string of the molecule is O=S([O-])c1ccc(NCC2CCCO2)cc1. The molecule has 1 aliphatic rings. The molecule has 88 valence electrons. The second-order valence-corrected chi connectivity index (χ2v) is 4.72. The Morgan fingerprint density at radius 2 is 2.19 bits per heavy atom. The second kappa shape index (κ2) is 5.43. The average molecular weight is 240 g/mol. The topological polar surface area (TPSA) is 61.4 Å². The highest BCUT2D eigenvalue weighted by molar-refractivity contribution is 7.79. The Morgan fingerprint density at radius 1 is 1.44 bits per heavy atom. The molecule has 4 nitrogen and oxygen atoms in total. The van der Waals surface area contributed by atoms with Gasteiger partial charge in [-0.25, -0.2) is 0 Å². The predicted octanol–water partition coefficient (Wildman–Crippen LogP) is 1.52. The van der Waals surface area contributed by atoms with Crippen molar-refractivity contribution in [1.82, 2.24) is 0 Å². The monoisotopic (exact) mass is 240 g/mol. The first kappa shape index (κ1) is 11.6. The van der Waals surface area contributed by atoms with Crippen LogP contribution in [0.15, 0.2) is 29.2 Å². The van der Waals surface area contributed by atoms with Crippen molar-refractivity contribution in [3.8, 4) is 0 Å². The largest absolute Gasteiger partial charge is 0.768 e. The molecule has 1 heterocycles. The predicted molar refractivity (Wildman–Crippen MR) is 61.1 cm³/mol. The van der Waals surface area contributed by atoms with Crippen molar-refractivity contribution in [2.75, 3.05) is 18.5 Å². The Balaban J connectivity index is 1.87. The summed E-state index contributed by atoms with van der Waals surface area (Å²) in [5.41, 5.74) is 0.921. The van der Waals surface area contributed by atoms with Gasteiger partial charge in [0.15, 0.2) is 0 Å². The first-order valence-corrected chi connectivity index (χ1v) is 6.38. The maximum atomic E-state index is 10.6. The van der Waals surface area contributed by atoms with Gasteiger partial charge >= 0.3 is 0 Å². The number of hydrogen-bond acceptors (Lipinski definition) is 4. The molecular formula is C11H14NO3S-. The van der Waals surface area contributed by atoms with Gasteiger partial charge in [0, 0.05) is 23.7 Å². The lowest BCUT2D eigenvalue weighted by Crippen LogP contribution is -2.18. The van der Waals surface area contributed by atoms with E-state index >= 15 is 0 Å². The molecular weight excluding hydrogens is 226 g/mol. The maximum Gasteiger partial charge on any atom is 0.0748 e. The van der Waals surface area contributed by atoms with Crippen molar-refractivity contribution < 1.29 is 13.5 Å². The molecule has 0 spiro atoms. The lowest BCUT2D eigenvalue weighted by Gasteiger charge is -2.12. The summed E-state index contributed by atoms with van der Waals surface area (Å²) < 4.78 is 26.8. The minimum Gasteiger partial charge on any atom is -0.768 e. The van der Waals surface area contributed by atoms with Crippen LogP contribution in [0, 0.1) is 0 Å². The summed E-state index contributed by atoms with van der Waals surface area (Å²) in [5.74, 6) is 0. The van der Waals surface area contributed by atoms with E-state index in [2.05, 4.69) is 5.32 Å². The average Bonchev–Trinajstić information content (AvgIpc) is 2.80. The summed E-state index contributed by atoms with van der Waals surface area (Å²) in [6.45, 7) is 1.63. The quantitative estimate of drug-likeness (QED) is 0.810. The third-order valence-corrected chi connectivity index (χ3v) is 3.26. The van der Waals surface area contributed by atoms with Crippen LogP contribution in [0.1, 0.15) is 12.8 Å². The van der Waals surface area contributed by atoms with Gasteiger partial charge in [-0.15, -0.1) is 0 Å². The summed E-state index contributed by atoms with van der Waals surface area (Å²) in [6, 6.07) is 6.70. The summed E-state index contributed by atoms with van der Waals surface area (Å²) >= 11 is -2.15. The molecule has 2 unspecified atom stereocenters. The molecule has 0 amide bonds. The molecule has 1 aromatic rings. The smallest absolute Gasteiger partial charge is 0.0748 e. The number of hydrogen-bond donors (Lipinski definition) is 1. The zero-order valence-corrected chi connectivity index (χ0v) is 9.66. The molecule has 1 N–H and O–H groups in total. The molecule has 2 atom stereocenters. The van der Waals surface area contributed by atoms with Crippen LogP contribution in [0.3, 0.4) is 0 Å². The van der Waals surface area contributed by atoms with Crippen LogP contribution in [0.25, 0.3) is 0 Å². The highest BCUT2D eigenvalue weighted by atomic mass is 32.2. The highest BCUT2D eigenvalue weighted by Gasteiger charge is 2.14. The van der Waals surface area contributed by atoms with Crippen LogP contribution in [0.2, 0.25) is 0 Å². The van der Waals surface area contributed by atoms with Gasteiger partial charge in [-0.2, -0.15) is 0 Å². The van der Waals surface area contributed by atoms with Gasteiger partial charge in [0.1, 0.15) is 0 Å². The van der Waals surface area contributed by atoms with Gasteiger partial charge in [0.25, 0.3) is 0 Å². The standard InChI is InChI=1S/C11H15NO3S/c13-16(14)11-5-3-9(4-6-11)12-8-10-2-1-7-15-10/h3-6,10,12H,1-2,7-8H2,(H,13,14)/p-1. The summed E-state index contributed by atoms with van der Waals surface area (Å²) in [4.78, 5) is 0.308. The van der Waals surface area contributed by atoms with Gasteiger partial charge in [0.05, 0.1) is 6.10 Å². The molecule has 1 aliphatic heterocycles. The van der Waals surface area contributed by atoms with E-state index in [9.17, 15) is 8.76 Å². The number of ether oxygens (including phenoxy) is 1. The third-order valence-electron chi connectivity index (χ3n) is 2.60. The van der Waals surface area contributed by atoms with Crippen LogP contribution < -0.4 is 5.32 Å². The second-order valence-electron chi connectivity index (χ2n) is 3.78. The van der Waals surface area contributed by atoms with Crippen molar-refractivity contribution >= 4 is 16.8 Å². The van der Waals surface area contributed by atoms with E-state index < -0.39 is 11.1 Å². The Kier molecular flexibility index (Phi) is 3.93. The van der Waals surface area contributed by atoms with Gasteiger partial charge in [-0.3, -0.25) is 4.21 Å². The fourth-order valence-electron chi connectivity index (χ4n) is 1.72. The summed E-state index contributed by atoms with van der Waals surface area (Å²) in [7, 11) is 0. The molecule has 16 heavy (non-hydrogen) atoms. The van der Waals surface area contributed by atoms with E-state index in [0.717, 1.165) is 31.7 Å². The highest BCUT2D eigenvalue weighted by Crippen LogP contribution is 2.15. The minimum absolute atomic E-state index is 0.285. The Labute approximate surface area is 97.3 Å². The fraction of sp³-hybridized carbons (Fsp3) is 0.455. The van der Waals surface area contributed by atoms with E-state index in [-0.39, 0.29) is 6.10 Å². The molecule has 0 aromatic heterocycles. The van der Waals surface area contributed by atoms with Crippen LogP contribution in [-0.2, 0) is 15.8 Å². The Bertz CT molecular complexity index is 360. The first-order valence-electron chi connectivity index (χ1n) is 5.30. The lowest BCUT2D eigenvalue weighted by molar-refractivity contribution is 0.120. The Morgan fingerprint density at radius 3 is 2.75 bits per heavy atom. The minimum atomic E-state index is -2.15. The molecule has 1 aromatic carbocycles. The number of benzene rings is 1. The summed E-state index contributed by atoms with van der Waals surface area (Å²) in [6.07, 6.45) is 2.50. The van der Waals surface area contributed by atoms with Crippen molar-refractivity contribution in [1.29, 1.82) is 0 Å². The molecule has 0 saturated carbocycles. The molecule has 0 bridgehead atoms. The van der Waals surface area contributed by atoms with Gasteiger partial charge < -0.3 is 14.6 Å². The normalized spacial score (nSPS) is 21.9. The molecule has 1 saturated heterocycles. The fourth-order valence-corrected chi connectivity index (χ4v) is 2.08. The van der Waals surface area contributed by atoms with Crippen molar-refractivity contribution in [2.45, 2.75) is 23.8 Å². The Hall–Kier alpha value is -0.910. The van der Waals surface area contributed by atoms with E-state index in [1.165, 1.54) is 0 Å². The third kappa shape index (κ3) is 3.04. The van der Waals surface area contributed by atoms with E-state index in [1.54, 1.807) is 24.3 Å². The van der Waals surface area contributed by atoms with Crippen LogP contribution in [0.4, 0.5) is 5.69 Å². The number of anilines is 1. The molecule has 1 fully saturated rings. The number of rotatable bonds is 4. The van der Waals surface area contributed by atoms with Crippen molar-refractivity contribution in [2.24, 2.45) is 0 Å². The van der Waals surface area contributed by atoms with Gasteiger partial charge in [-0.05, 0) is 48.2 Å². The van der Waals surface area contributed by atoms with Gasteiger partial charge in [-0.1, -0.05) is 0 Å². The molecule has 0 radical (unpaired) electrons. The van der Waals surface area contributed by atoms with Crippen molar-refractivity contribution in [3.05, 3.63) is 24.3 Å². The summed E-state index contributed by atoms with van der Waals surface area (Å²) in [5, 5.41) is 3.23. The number of nitrogens with one attached hydrogen (secondary N) is 1. The van der Waals surface area contributed by atoms with Crippen LogP contribution in [0.5, 0.6) is 0 Å². The zero-order valence-electron chi connectivity index (χ0n) is 8.85. The molecule has 0 aliphatic carbocycles. The van der Waals surface area contributed by atoms with Crippen LogP contribution in [-0.4, -0.2) is 28.0 Å². The molecule has 5 heteroatoms. The maximum absolute atomic E-state index is 10.6. The zero-order chi connectivity index (χ0) is 11.4. The first-order chi connectivity index (χ1) is 7.75. The molecule has 2 rings (SSSR count). The van der Waals surface area contributed by atoms with Crippen LogP contribution >= 0.6 is 0 Å². The van der Waals surface area contributed by atoms with Gasteiger partial charge in [0.2, 0.25) is 0 Å².